The van der Waals surface area contributed by atoms with Crippen LogP contribution in [0.1, 0.15) is 12.8 Å². The highest BCUT2D eigenvalue weighted by atomic mass is 35.5. The highest BCUT2D eigenvalue weighted by Crippen LogP contribution is 2.08. The Labute approximate surface area is 77.1 Å². The molecule has 0 aromatic carbocycles. The van der Waals surface area contributed by atoms with Gasteiger partial charge in [-0.15, -0.1) is 12.4 Å². The third-order valence-electron chi connectivity index (χ3n) is 1.74. The summed E-state index contributed by atoms with van der Waals surface area (Å²) in [5.74, 6) is 0. The first-order valence-electron chi connectivity index (χ1n) is 3.89. The molecular formula is C7H14ClF2NO. The van der Waals surface area contributed by atoms with Crippen LogP contribution in [0.5, 0.6) is 0 Å². The first-order chi connectivity index (χ1) is 5.29. The Kier molecular flexibility index (Phi) is 6.61. The van der Waals surface area contributed by atoms with Gasteiger partial charge in [-0.1, -0.05) is 0 Å². The molecule has 0 spiro atoms. The van der Waals surface area contributed by atoms with E-state index in [-0.39, 0.29) is 18.5 Å². The van der Waals surface area contributed by atoms with Gasteiger partial charge >= 0.3 is 0 Å². The second-order valence-corrected chi connectivity index (χ2v) is 2.67. The fraction of sp³-hybridized carbons (Fsp3) is 1.00. The van der Waals surface area contributed by atoms with Crippen LogP contribution in [0.3, 0.4) is 0 Å². The van der Waals surface area contributed by atoms with Crippen LogP contribution in [0.4, 0.5) is 8.78 Å². The molecule has 5 heteroatoms. The molecule has 12 heavy (non-hydrogen) atoms. The number of rotatable bonds is 3. The van der Waals surface area contributed by atoms with Crippen LogP contribution in [0.25, 0.3) is 0 Å². The summed E-state index contributed by atoms with van der Waals surface area (Å²) in [4.78, 5) is 0. The van der Waals surface area contributed by atoms with Gasteiger partial charge in [0.25, 0.3) is 6.43 Å². The summed E-state index contributed by atoms with van der Waals surface area (Å²) in [6.45, 7) is 1.35. The minimum atomic E-state index is -2.33. The Morgan fingerprint density at radius 1 is 1.33 bits per heavy atom. The highest BCUT2D eigenvalue weighted by molar-refractivity contribution is 5.85. The predicted octanol–water partition coefficient (Wildman–Crippen LogP) is 1.44. The van der Waals surface area contributed by atoms with Crippen LogP contribution in [0, 0.1) is 0 Å². The zero-order valence-electron chi connectivity index (χ0n) is 6.76. The van der Waals surface area contributed by atoms with Gasteiger partial charge in [-0.3, -0.25) is 0 Å². The standard InChI is InChI=1S/C7H13F2NO.ClH/c8-7(9)5-11-6-1-3-10-4-2-6;/h6-7,10H,1-5H2;1H. The van der Waals surface area contributed by atoms with E-state index in [4.69, 9.17) is 4.74 Å². The molecule has 0 aliphatic carbocycles. The Hall–Kier alpha value is 0.0700. The van der Waals surface area contributed by atoms with Crippen molar-refractivity contribution in [3.05, 3.63) is 0 Å². The van der Waals surface area contributed by atoms with E-state index in [1.807, 2.05) is 0 Å². The van der Waals surface area contributed by atoms with Gasteiger partial charge in [0.1, 0.15) is 6.61 Å². The maximum absolute atomic E-state index is 11.6. The fourth-order valence-corrected chi connectivity index (χ4v) is 1.17. The normalized spacial score (nSPS) is 19.2. The molecule has 1 fully saturated rings. The molecule has 0 radical (unpaired) electrons. The monoisotopic (exact) mass is 201 g/mol. The molecule has 1 aliphatic rings. The largest absolute Gasteiger partial charge is 0.372 e. The molecule has 0 atom stereocenters. The number of nitrogens with one attached hydrogen (secondary N) is 1. The topological polar surface area (TPSA) is 21.3 Å². The Balaban J connectivity index is 0.00000121. The lowest BCUT2D eigenvalue weighted by molar-refractivity contribution is -0.0340. The maximum Gasteiger partial charge on any atom is 0.261 e. The van der Waals surface area contributed by atoms with Crippen LogP contribution in [-0.4, -0.2) is 32.2 Å². The average molecular weight is 202 g/mol. The lowest BCUT2D eigenvalue weighted by atomic mass is 10.1. The summed E-state index contributed by atoms with van der Waals surface area (Å²) in [5.41, 5.74) is 0. The zero-order chi connectivity index (χ0) is 8.10. The van der Waals surface area contributed by atoms with Crippen molar-refractivity contribution in [1.29, 1.82) is 0 Å². The van der Waals surface area contributed by atoms with Crippen LogP contribution in [0.2, 0.25) is 0 Å². The van der Waals surface area contributed by atoms with Gasteiger partial charge in [0.2, 0.25) is 0 Å². The van der Waals surface area contributed by atoms with Crippen molar-refractivity contribution in [2.75, 3.05) is 19.7 Å². The number of hydrogen-bond donors (Lipinski definition) is 1. The molecule has 0 unspecified atom stereocenters. The lowest BCUT2D eigenvalue weighted by Crippen LogP contribution is -2.33. The summed E-state index contributed by atoms with van der Waals surface area (Å²) in [6.07, 6.45) is -0.575. The smallest absolute Gasteiger partial charge is 0.261 e. The van der Waals surface area contributed by atoms with Gasteiger partial charge in [-0.2, -0.15) is 0 Å². The van der Waals surface area contributed by atoms with E-state index in [1.165, 1.54) is 0 Å². The molecule has 1 heterocycles. The summed E-state index contributed by atoms with van der Waals surface area (Å²) < 4.78 is 28.3. The summed E-state index contributed by atoms with van der Waals surface area (Å²) in [6, 6.07) is 0. The molecule has 0 bridgehead atoms. The zero-order valence-corrected chi connectivity index (χ0v) is 7.58. The quantitative estimate of drug-likeness (QED) is 0.746. The van der Waals surface area contributed by atoms with Crippen molar-refractivity contribution in [3.63, 3.8) is 0 Å². The molecule has 0 amide bonds. The summed E-state index contributed by atoms with van der Waals surface area (Å²) in [5, 5.41) is 3.13. The fourth-order valence-electron chi connectivity index (χ4n) is 1.17. The molecule has 0 aromatic rings. The molecule has 0 aromatic heterocycles. The number of hydrogen-bond acceptors (Lipinski definition) is 2. The minimum Gasteiger partial charge on any atom is -0.372 e. The minimum absolute atomic E-state index is 0. The molecule has 1 saturated heterocycles. The maximum atomic E-state index is 11.6. The molecule has 2 nitrogen and oxygen atoms in total. The van der Waals surface area contributed by atoms with Crippen LogP contribution < -0.4 is 5.32 Å². The van der Waals surface area contributed by atoms with Crippen LogP contribution >= 0.6 is 12.4 Å². The molecule has 1 aliphatic heterocycles. The van der Waals surface area contributed by atoms with E-state index >= 15 is 0 Å². The molecule has 74 valence electrons. The van der Waals surface area contributed by atoms with E-state index in [1.54, 1.807) is 0 Å². The first-order valence-corrected chi connectivity index (χ1v) is 3.89. The van der Waals surface area contributed by atoms with Crippen molar-refractivity contribution in [3.8, 4) is 0 Å². The Bertz CT molecular complexity index is 110. The number of piperidine rings is 1. The second kappa shape index (κ2) is 6.57. The van der Waals surface area contributed by atoms with Gasteiger partial charge < -0.3 is 10.1 Å². The lowest BCUT2D eigenvalue weighted by Gasteiger charge is -2.22. The van der Waals surface area contributed by atoms with Gasteiger partial charge in [0, 0.05) is 0 Å². The number of alkyl halides is 2. The molecule has 1 N–H and O–H groups in total. The molecule has 0 saturated carbocycles. The average Bonchev–Trinajstić information content (AvgIpc) is 2.03. The van der Waals surface area contributed by atoms with Crippen molar-refractivity contribution in [1.82, 2.24) is 5.32 Å². The van der Waals surface area contributed by atoms with Crippen LogP contribution in [0.15, 0.2) is 0 Å². The Morgan fingerprint density at radius 3 is 2.42 bits per heavy atom. The molecule has 1 rings (SSSR count). The SMILES string of the molecule is Cl.FC(F)COC1CCNCC1. The second-order valence-electron chi connectivity index (χ2n) is 2.67. The van der Waals surface area contributed by atoms with Crippen molar-refractivity contribution in [2.45, 2.75) is 25.4 Å². The summed E-state index contributed by atoms with van der Waals surface area (Å²) >= 11 is 0. The molecular weight excluding hydrogens is 188 g/mol. The predicted molar refractivity (Wildman–Crippen MR) is 45.1 cm³/mol. The van der Waals surface area contributed by atoms with E-state index in [9.17, 15) is 8.78 Å². The van der Waals surface area contributed by atoms with Gasteiger partial charge in [-0.05, 0) is 25.9 Å². The third-order valence-corrected chi connectivity index (χ3v) is 1.74. The van der Waals surface area contributed by atoms with Crippen molar-refractivity contribution < 1.29 is 13.5 Å². The van der Waals surface area contributed by atoms with E-state index in [0.29, 0.717) is 0 Å². The third kappa shape index (κ3) is 4.85. The van der Waals surface area contributed by atoms with Gasteiger partial charge in [0.15, 0.2) is 0 Å². The van der Waals surface area contributed by atoms with Crippen molar-refractivity contribution in [2.24, 2.45) is 0 Å². The van der Waals surface area contributed by atoms with Crippen LogP contribution in [-0.2, 0) is 4.74 Å². The highest BCUT2D eigenvalue weighted by Gasteiger charge is 2.14. The van der Waals surface area contributed by atoms with Crippen molar-refractivity contribution >= 4 is 12.4 Å². The van der Waals surface area contributed by atoms with E-state index in [0.717, 1.165) is 25.9 Å². The van der Waals surface area contributed by atoms with E-state index < -0.39 is 13.0 Å². The Morgan fingerprint density at radius 2 is 1.92 bits per heavy atom. The van der Waals surface area contributed by atoms with E-state index in [2.05, 4.69) is 5.32 Å². The number of ether oxygens (including phenoxy) is 1. The first kappa shape index (κ1) is 12.1. The van der Waals surface area contributed by atoms with Gasteiger partial charge in [0.05, 0.1) is 6.10 Å². The number of halogens is 3. The summed E-state index contributed by atoms with van der Waals surface area (Å²) in [7, 11) is 0. The van der Waals surface area contributed by atoms with Gasteiger partial charge in [-0.25, -0.2) is 8.78 Å².